The summed E-state index contributed by atoms with van der Waals surface area (Å²) < 4.78 is 9.51. The lowest BCUT2D eigenvalue weighted by Crippen LogP contribution is -2.44. The van der Waals surface area contributed by atoms with Crippen LogP contribution < -0.4 is 11.1 Å². The first-order valence-corrected chi connectivity index (χ1v) is 6.15. The number of nitrogen functional groups attached to an aromatic ring is 1. The van der Waals surface area contributed by atoms with E-state index < -0.39 is 12.0 Å². The lowest BCUT2D eigenvalue weighted by molar-refractivity contribution is -0.144. The summed E-state index contributed by atoms with van der Waals surface area (Å²) in [5, 5.41) is 2.58. The predicted molar refractivity (Wildman–Crippen MR) is 75.5 cm³/mol. The Hall–Kier alpha value is -2.08. The second-order valence-electron chi connectivity index (χ2n) is 4.53. The number of carbonyl (C=O) groups is 2. The van der Waals surface area contributed by atoms with Crippen LogP contribution in [0.3, 0.4) is 0 Å². The van der Waals surface area contributed by atoms with Crippen LogP contribution in [0.1, 0.15) is 21.5 Å². The van der Waals surface area contributed by atoms with Gasteiger partial charge in [-0.2, -0.15) is 0 Å². The molecule has 0 radical (unpaired) electrons. The molecule has 0 fully saturated rings. The Morgan fingerprint density at radius 2 is 1.80 bits per heavy atom. The smallest absolute Gasteiger partial charge is 0.330 e. The van der Waals surface area contributed by atoms with E-state index in [2.05, 4.69) is 10.1 Å². The Kier molecular flexibility index (Phi) is 5.52. The molecule has 0 aliphatic carbocycles. The van der Waals surface area contributed by atoms with E-state index in [4.69, 9.17) is 10.5 Å². The lowest BCUT2D eigenvalue weighted by atomic mass is 10.0. The van der Waals surface area contributed by atoms with E-state index in [1.807, 2.05) is 13.8 Å². The number of ether oxygens (including phenoxy) is 2. The molecule has 0 aromatic heterocycles. The Balaban J connectivity index is 2.91. The molecular weight excluding hydrogens is 260 g/mol. The molecule has 1 aromatic carbocycles. The van der Waals surface area contributed by atoms with Crippen molar-refractivity contribution in [3.8, 4) is 0 Å². The summed E-state index contributed by atoms with van der Waals surface area (Å²) in [4.78, 5) is 23.7. The van der Waals surface area contributed by atoms with Crippen LogP contribution in [-0.2, 0) is 14.3 Å². The van der Waals surface area contributed by atoms with E-state index in [-0.39, 0.29) is 12.5 Å². The van der Waals surface area contributed by atoms with Crippen molar-refractivity contribution in [2.45, 2.75) is 19.9 Å². The third-order valence-electron chi connectivity index (χ3n) is 2.98. The molecule has 20 heavy (non-hydrogen) atoms. The minimum absolute atomic E-state index is 0.0470. The molecule has 0 saturated heterocycles. The molecule has 3 N–H and O–H groups in total. The number of esters is 1. The van der Waals surface area contributed by atoms with Gasteiger partial charge in [0.25, 0.3) is 5.91 Å². The second-order valence-corrected chi connectivity index (χ2v) is 4.53. The molecule has 110 valence electrons. The van der Waals surface area contributed by atoms with E-state index in [0.717, 1.165) is 11.1 Å². The van der Waals surface area contributed by atoms with Crippen molar-refractivity contribution in [1.29, 1.82) is 0 Å². The number of aryl methyl sites for hydroxylation is 2. The van der Waals surface area contributed by atoms with Crippen LogP contribution >= 0.6 is 0 Å². The topological polar surface area (TPSA) is 90.6 Å². The summed E-state index contributed by atoms with van der Waals surface area (Å²) in [5.74, 6) is -0.923. The zero-order valence-corrected chi connectivity index (χ0v) is 12.1. The number of methoxy groups -OCH3 is 2. The molecule has 6 heteroatoms. The first-order chi connectivity index (χ1) is 9.40. The van der Waals surface area contributed by atoms with Crippen molar-refractivity contribution in [3.05, 3.63) is 28.8 Å². The number of carbonyl (C=O) groups excluding carboxylic acids is 2. The molecule has 0 aliphatic rings. The van der Waals surface area contributed by atoms with Crippen LogP contribution in [0.15, 0.2) is 12.1 Å². The number of anilines is 1. The van der Waals surface area contributed by atoms with Gasteiger partial charge in [-0.1, -0.05) is 0 Å². The molecule has 0 aliphatic heterocycles. The van der Waals surface area contributed by atoms with Gasteiger partial charge in [-0.15, -0.1) is 0 Å². The summed E-state index contributed by atoms with van der Waals surface area (Å²) in [6.07, 6.45) is 0. The molecule has 0 spiro atoms. The first kappa shape index (κ1) is 16.0. The Bertz CT molecular complexity index is 491. The van der Waals surface area contributed by atoms with Gasteiger partial charge in [0.15, 0.2) is 6.04 Å². The van der Waals surface area contributed by atoms with Gasteiger partial charge in [0.05, 0.1) is 13.7 Å². The van der Waals surface area contributed by atoms with Crippen LogP contribution in [-0.4, -0.2) is 38.7 Å². The first-order valence-electron chi connectivity index (χ1n) is 6.15. The number of hydrogen-bond donors (Lipinski definition) is 2. The average molecular weight is 280 g/mol. The van der Waals surface area contributed by atoms with Gasteiger partial charge in [-0.3, -0.25) is 4.79 Å². The number of nitrogens with one attached hydrogen (secondary N) is 1. The maximum absolute atomic E-state index is 12.2. The van der Waals surface area contributed by atoms with E-state index >= 15 is 0 Å². The van der Waals surface area contributed by atoms with Gasteiger partial charge in [-0.25, -0.2) is 4.79 Å². The Morgan fingerprint density at radius 3 is 2.25 bits per heavy atom. The Morgan fingerprint density at radius 1 is 1.25 bits per heavy atom. The summed E-state index contributed by atoms with van der Waals surface area (Å²) in [6.45, 7) is 3.70. The molecule has 0 unspecified atom stereocenters. The number of hydrogen-bond acceptors (Lipinski definition) is 5. The van der Waals surface area contributed by atoms with Crippen molar-refractivity contribution in [1.82, 2.24) is 5.32 Å². The summed E-state index contributed by atoms with van der Waals surface area (Å²) >= 11 is 0. The highest BCUT2D eigenvalue weighted by Crippen LogP contribution is 2.18. The molecule has 0 bridgehead atoms. The fraction of sp³-hybridized carbons (Fsp3) is 0.429. The van der Waals surface area contributed by atoms with Gasteiger partial charge in [0.1, 0.15) is 0 Å². The number of benzene rings is 1. The molecule has 1 atom stereocenters. The summed E-state index contributed by atoms with van der Waals surface area (Å²) in [7, 11) is 2.70. The minimum Gasteiger partial charge on any atom is -0.467 e. The van der Waals surface area contributed by atoms with Gasteiger partial charge < -0.3 is 20.5 Å². The third-order valence-corrected chi connectivity index (χ3v) is 2.98. The largest absolute Gasteiger partial charge is 0.467 e. The van der Waals surface area contributed by atoms with E-state index in [1.54, 1.807) is 12.1 Å². The van der Waals surface area contributed by atoms with Crippen molar-refractivity contribution in [3.63, 3.8) is 0 Å². The zero-order chi connectivity index (χ0) is 15.3. The zero-order valence-electron chi connectivity index (χ0n) is 12.1. The fourth-order valence-corrected chi connectivity index (χ4v) is 1.82. The van der Waals surface area contributed by atoms with E-state index in [1.165, 1.54) is 14.2 Å². The lowest BCUT2D eigenvalue weighted by Gasteiger charge is -2.16. The average Bonchev–Trinajstić information content (AvgIpc) is 2.42. The van der Waals surface area contributed by atoms with Crippen LogP contribution in [0.4, 0.5) is 5.69 Å². The molecule has 0 saturated carbocycles. The molecule has 6 nitrogen and oxygen atoms in total. The van der Waals surface area contributed by atoms with E-state index in [9.17, 15) is 9.59 Å². The van der Waals surface area contributed by atoms with Crippen LogP contribution in [0, 0.1) is 13.8 Å². The number of nitrogens with two attached hydrogens (primary N) is 1. The SMILES string of the molecule is COC[C@H](NC(=O)c1cc(C)c(N)c(C)c1)C(=O)OC. The van der Waals surface area contributed by atoms with E-state index in [0.29, 0.717) is 11.3 Å². The molecule has 1 rings (SSSR count). The molecular formula is C14H20N2O4. The molecule has 0 heterocycles. The maximum Gasteiger partial charge on any atom is 0.330 e. The maximum atomic E-state index is 12.2. The summed E-state index contributed by atoms with van der Waals surface area (Å²) in [6, 6.07) is 2.52. The van der Waals surface area contributed by atoms with Crippen molar-refractivity contribution in [2.75, 3.05) is 26.6 Å². The van der Waals surface area contributed by atoms with Crippen LogP contribution in [0.25, 0.3) is 0 Å². The molecule has 1 aromatic rings. The summed E-state index contributed by atoms with van der Waals surface area (Å²) in [5.41, 5.74) is 8.58. The Labute approximate surface area is 118 Å². The van der Waals surface area contributed by atoms with Gasteiger partial charge in [0.2, 0.25) is 0 Å². The number of rotatable bonds is 5. The minimum atomic E-state index is -0.837. The quantitative estimate of drug-likeness (QED) is 0.615. The number of amides is 1. The fourth-order valence-electron chi connectivity index (χ4n) is 1.82. The van der Waals surface area contributed by atoms with Crippen molar-refractivity contribution in [2.24, 2.45) is 0 Å². The van der Waals surface area contributed by atoms with Gasteiger partial charge in [-0.05, 0) is 37.1 Å². The van der Waals surface area contributed by atoms with Crippen molar-refractivity contribution >= 4 is 17.6 Å². The predicted octanol–water partition coefficient (Wildman–Crippen LogP) is 0.803. The van der Waals surface area contributed by atoms with Crippen LogP contribution in [0.2, 0.25) is 0 Å². The van der Waals surface area contributed by atoms with Crippen molar-refractivity contribution < 1.29 is 19.1 Å². The highest BCUT2D eigenvalue weighted by molar-refractivity contribution is 5.97. The third kappa shape index (κ3) is 3.71. The monoisotopic (exact) mass is 280 g/mol. The normalized spacial score (nSPS) is 11.8. The standard InChI is InChI=1S/C14H20N2O4/c1-8-5-10(6-9(2)12(8)15)13(17)16-11(7-19-3)14(18)20-4/h5-6,11H,7,15H2,1-4H3,(H,16,17)/t11-/m0/s1. The highest BCUT2D eigenvalue weighted by atomic mass is 16.5. The highest BCUT2D eigenvalue weighted by Gasteiger charge is 2.22. The van der Waals surface area contributed by atoms with Crippen LogP contribution in [0.5, 0.6) is 0 Å². The van der Waals surface area contributed by atoms with Gasteiger partial charge >= 0.3 is 5.97 Å². The van der Waals surface area contributed by atoms with Gasteiger partial charge in [0, 0.05) is 18.4 Å². The second kappa shape index (κ2) is 6.91. The molecule has 1 amide bonds.